The Morgan fingerprint density at radius 3 is 2.53 bits per heavy atom. The molecule has 0 bridgehead atoms. The maximum absolute atomic E-state index is 12.6. The molecule has 2 amide bonds. The largest absolute Gasteiger partial charge is 0.352 e. The van der Waals surface area contributed by atoms with E-state index in [4.69, 9.17) is 0 Å². The van der Waals surface area contributed by atoms with Crippen molar-refractivity contribution < 1.29 is 9.59 Å². The van der Waals surface area contributed by atoms with Crippen LogP contribution in [0.25, 0.3) is 0 Å². The average molecular weight is 421 g/mol. The molecule has 1 aliphatic rings. The summed E-state index contributed by atoms with van der Waals surface area (Å²) in [5, 5.41) is 2.98. The van der Waals surface area contributed by atoms with Gasteiger partial charge in [0.2, 0.25) is 11.8 Å². The standard InChI is InChI=1S/C23H24N4O2S/c1-30-21-8-6-20(7-9-21)27-15-19(12-22(27)28)23(29)25-13-17-2-4-18(5-3-17)14-26-11-10-24-16-26/h2-11,16,19H,12-15H2,1H3,(H,25,29)/t19-/m0/s1. The van der Waals surface area contributed by atoms with Gasteiger partial charge in [-0.25, -0.2) is 4.98 Å². The third kappa shape index (κ3) is 4.74. The van der Waals surface area contributed by atoms with Crippen molar-refractivity contribution >= 4 is 29.3 Å². The molecule has 0 aliphatic carbocycles. The van der Waals surface area contributed by atoms with Crippen molar-refractivity contribution in [2.24, 2.45) is 5.92 Å². The molecule has 2 aromatic carbocycles. The van der Waals surface area contributed by atoms with E-state index in [0.29, 0.717) is 13.1 Å². The molecule has 1 aliphatic heterocycles. The molecule has 1 N–H and O–H groups in total. The van der Waals surface area contributed by atoms with Gasteiger partial charge >= 0.3 is 0 Å². The molecule has 3 aromatic rings. The number of thioether (sulfide) groups is 1. The molecule has 1 fully saturated rings. The second-order valence-electron chi connectivity index (χ2n) is 7.37. The van der Waals surface area contributed by atoms with Crippen LogP contribution in [0.5, 0.6) is 0 Å². The second kappa shape index (κ2) is 9.17. The summed E-state index contributed by atoms with van der Waals surface area (Å²) in [6.07, 6.45) is 7.75. The van der Waals surface area contributed by atoms with E-state index in [1.165, 1.54) is 5.56 Å². The zero-order valence-corrected chi connectivity index (χ0v) is 17.6. The van der Waals surface area contributed by atoms with E-state index >= 15 is 0 Å². The highest BCUT2D eigenvalue weighted by atomic mass is 32.2. The number of carbonyl (C=O) groups excluding carboxylic acids is 2. The normalized spacial score (nSPS) is 16.1. The Morgan fingerprint density at radius 1 is 1.13 bits per heavy atom. The number of anilines is 1. The summed E-state index contributed by atoms with van der Waals surface area (Å²) in [5.41, 5.74) is 3.06. The molecule has 154 valence electrons. The van der Waals surface area contributed by atoms with Gasteiger partial charge in [-0.05, 0) is 41.6 Å². The summed E-state index contributed by atoms with van der Waals surface area (Å²) in [6, 6.07) is 16.0. The van der Waals surface area contributed by atoms with Crippen molar-refractivity contribution in [2.75, 3.05) is 17.7 Å². The van der Waals surface area contributed by atoms with E-state index in [2.05, 4.69) is 22.4 Å². The lowest BCUT2D eigenvalue weighted by molar-refractivity contribution is -0.126. The molecule has 1 atom stereocenters. The van der Waals surface area contributed by atoms with Gasteiger partial charge in [0.1, 0.15) is 0 Å². The van der Waals surface area contributed by atoms with Gasteiger partial charge < -0.3 is 14.8 Å². The van der Waals surface area contributed by atoms with E-state index < -0.39 is 0 Å². The van der Waals surface area contributed by atoms with Crippen LogP contribution in [0.2, 0.25) is 0 Å². The maximum atomic E-state index is 12.6. The summed E-state index contributed by atoms with van der Waals surface area (Å²) in [4.78, 5) is 31.9. The third-order valence-electron chi connectivity index (χ3n) is 5.29. The summed E-state index contributed by atoms with van der Waals surface area (Å²) < 4.78 is 2.01. The Balaban J connectivity index is 1.30. The molecule has 1 saturated heterocycles. The van der Waals surface area contributed by atoms with Gasteiger partial charge in [0, 0.05) is 49.0 Å². The smallest absolute Gasteiger partial charge is 0.227 e. The Hall–Kier alpha value is -3.06. The number of hydrogen-bond acceptors (Lipinski definition) is 4. The zero-order valence-electron chi connectivity index (χ0n) is 16.8. The highest BCUT2D eigenvalue weighted by molar-refractivity contribution is 7.98. The van der Waals surface area contributed by atoms with E-state index in [9.17, 15) is 9.59 Å². The quantitative estimate of drug-likeness (QED) is 0.596. The van der Waals surface area contributed by atoms with E-state index in [-0.39, 0.29) is 24.2 Å². The molecule has 4 rings (SSSR count). The van der Waals surface area contributed by atoms with Crippen molar-refractivity contribution in [3.05, 3.63) is 78.4 Å². The number of imidazole rings is 1. The van der Waals surface area contributed by atoms with Crippen molar-refractivity contribution in [1.82, 2.24) is 14.9 Å². The van der Waals surface area contributed by atoms with Crippen LogP contribution in [0.15, 0.2) is 72.1 Å². The topological polar surface area (TPSA) is 67.2 Å². The van der Waals surface area contributed by atoms with Gasteiger partial charge in [0.15, 0.2) is 0 Å². The number of benzene rings is 2. The first-order valence-electron chi connectivity index (χ1n) is 9.88. The first kappa shape index (κ1) is 20.2. The molecule has 0 saturated carbocycles. The fourth-order valence-corrected chi connectivity index (χ4v) is 3.99. The van der Waals surface area contributed by atoms with Crippen LogP contribution in [0.1, 0.15) is 17.5 Å². The van der Waals surface area contributed by atoms with Crippen molar-refractivity contribution in [2.45, 2.75) is 24.4 Å². The van der Waals surface area contributed by atoms with Gasteiger partial charge in [-0.2, -0.15) is 0 Å². The molecule has 0 radical (unpaired) electrons. The summed E-state index contributed by atoms with van der Waals surface area (Å²) >= 11 is 1.66. The third-order valence-corrected chi connectivity index (χ3v) is 6.04. The number of rotatable bonds is 7. The maximum Gasteiger partial charge on any atom is 0.227 e. The lowest BCUT2D eigenvalue weighted by Crippen LogP contribution is -2.32. The Bertz CT molecular complexity index is 1000. The van der Waals surface area contributed by atoms with E-state index in [1.54, 1.807) is 29.2 Å². The molecule has 30 heavy (non-hydrogen) atoms. The Labute approximate surface area is 180 Å². The van der Waals surface area contributed by atoms with Crippen LogP contribution in [0.4, 0.5) is 5.69 Å². The van der Waals surface area contributed by atoms with E-state index in [0.717, 1.165) is 22.7 Å². The first-order valence-corrected chi connectivity index (χ1v) is 11.1. The lowest BCUT2D eigenvalue weighted by atomic mass is 10.1. The predicted octanol–water partition coefficient (Wildman–Crippen LogP) is 3.32. The number of nitrogens with one attached hydrogen (secondary N) is 1. The van der Waals surface area contributed by atoms with Crippen molar-refractivity contribution in [3.8, 4) is 0 Å². The van der Waals surface area contributed by atoms with Crippen LogP contribution in [0.3, 0.4) is 0 Å². The van der Waals surface area contributed by atoms with Crippen LogP contribution < -0.4 is 10.2 Å². The number of hydrogen-bond donors (Lipinski definition) is 1. The Kier molecular flexibility index (Phi) is 6.18. The minimum absolute atomic E-state index is 0.00379. The lowest BCUT2D eigenvalue weighted by Gasteiger charge is -2.17. The highest BCUT2D eigenvalue weighted by Gasteiger charge is 2.34. The van der Waals surface area contributed by atoms with Gasteiger partial charge in [-0.15, -0.1) is 11.8 Å². The minimum atomic E-state index is -0.321. The molecule has 2 heterocycles. The molecular formula is C23H24N4O2S. The van der Waals surface area contributed by atoms with Crippen LogP contribution in [-0.2, 0) is 22.7 Å². The molecule has 7 heteroatoms. The number of carbonyl (C=O) groups is 2. The van der Waals surface area contributed by atoms with Gasteiger partial charge in [-0.1, -0.05) is 24.3 Å². The van der Waals surface area contributed by atoms with Crippen LogP contribution in [-0.4, -0.2) is 34.2 Å². The molecular weight excluding hydrogens is 396 g/mol. The molecule has 0 spiro atoms. The Morgan fingerprint density at radius 2 is 1.87 bits per heavy atom. The zero-order chi connectivity index (χ0) is 20.9. The van der Waals surface area contributed by atoms with Gasteiger partial charge in [-0.3, -0.25) is 9.59 Å². The van der Waals surface area contributed by atoms with E-state index in [1.807, 2.05) is 53.4 Å². The minimum Gasteiger partial charge on any atom is -0.352 e. The summed E-state index contributed by atoms with van der Waals surface area (Å²) in [6.45, 7) is 1.65. The van der Waals surface area contributed by atoms with Gasteiger partial charge in [0.25, 0.3) is 0 Å². The van der Waals surface area contributed by atoms with Gasteiger partial charge in [0.05, 0.1) is 12.2 Å². The average Bonchev–Trinajstić information content (AvgIpc) is 3.43. The molecule has 6 nitrogen and oxygen atoms in total. The monoisotopic (exact) mass is 420 g/mol. The molecule has 0 unspecified atom stereocenters. The van der Waals surface area contributed by atoms with Crippen LogP contribution in [0, 0.1) is 5.92 Å². The van der Waals surface area contributed by atoms with Crippen molar-refractivity contribution in [3.63, 3.8) is 0 Å². The fourth-order valence-electron chi connectivity index (χ4n) is 3.58. The number of nitrogens with zero attached hydrogens (tertiary/aromatic N) is 3. The number of aromatic nitrogens is 2. The summed E-state index contributed by atoms with van der Waals surface area (Å²) in [7, 11) is 0. The van der Waals surface area contributed by atoms with Crippen molar-refractivity contribution in [1.29, 1.82) is 0 Å². The predicted molar refractivity (Wildman–Crippen MR) is 118 cm³/mol. The SMILES string of the molecule is CSc1ccc(N2C[C@@H](C(=O)NCc3ccc(Cn4ccnc4)cc3)CC2=O)cc1. The number of amides is 2. The second-order valence-corrected chi connectivity index (χ2v) is 8.25. The fraction of sp³-hybridized carbons (Fsp3) is 0.261. The first-order chi connectivity index (χ1) is 14.6. The van der Waals surface area contributed by atoms with Crippen LogP contribution >= 0.6 is 11.8 Å². The molecule has 1 aromatic heterocycles. The summed E-state index contributed by atoms with van der Waals surface area (Å²) in [5.74, 6) is -0.400. The highest BCUT2D eigenvalue weighted by Crippen LogP contribution is 2.27.